The summed E-state index contributed by atoms with van der Waals surface area (Å²) in [5.41, 5.74) is 9.40. The number of aromatic nitrogens is 2. The molecule has 4 rings (SSSR count). The highest BCUT2D eigenvalue weighted by atomic mass is 32.1. The van der Waals surface area contributed by atoms with Crippen molar-refractivity contribution in [2.24, 2.45) is 5.73 Å². The lowest BCUT2D eigenvalue weighted by Gasteiger charge is -2.11. The molecule has 4 aromatic rings. The third kappa shape index (κ3) is 4.13. The molecule has 172 valence electrons. The number of amides is 1. The molecule has 2 N–H and O–H groups in total. The van der Waals surface area contributed by atoms with Crippen molar-refractivity contribution in [3.8, 4) is 16.3 Å². The van der Waals surface area contributed by atoms with Crippen LogP contribution in [0.5, 0.6) is 5.88 Å². The maximum atomic E-state index is 12.9. The summed E-state index contributed by atoms with van der Waals surface area (Å²) in [5, 5.41) is 2.00. The Morgan fingerprint density at radius 3 is 2.59 bits per heavy atom. The number of aldehydes is 1. The first kappa shape index (κ1) is 23.1. The van der Waals surface area contributed by atoms with Gasteiger partial charge in [-0.15, -0.1) is 11.3 Å². The number of ether oxygens (including phenoxy) is 1. The van der Waals surface area contributed by atoms with Gasteiger partial charge in [0.05, 0.1) is 11.3 Å². The van der Waals surface area contributed by atoms with E-state index in [-0.39, 0.29) is 23.2 Å². The van der Waals surface area contributed by atoms with Crippen LogP contribution in [0.25, 0.3) is 16.0 Å². The molecule has 0 radical (unpaired) electrons. The second kappa shape index (κ2) is 9.40. The number of thiophene rings is 1. The molecule has 0 aliphatic heterocycles. The minimum absolute atomic E-state index is 0.0119. The molecule has 0 spiro atoms. The number of nitrogens with two attached hydrogens (primary N) is 1. The first-order valence-corrected chi connectivity index (χ1v) is 11.4. The normalized spacial score (nSPS) is 10.9. The zero-order valence-corrected chi connectivity index (χ0v) is 19.3. The van der Waals surface area contributed by atoms with E-state index in [4.69, 9.17) is 10.5 Å². The molecule has 0 saturated carbocycles. The minimum atomic E-state index is -1.17. The van der Waals surface area contributed by atoms with E-state index in [1.54, 1.807) is 28.9 Å². The first-order chi connectivity index (χ1) is 16.3. The van der Waals surface area contributed by atoms with Gasteiger partial charge in [0, 0.05) is 23.2 Å². The number of carbonyl (C=O) groups excluding carboxylic acids is 4. The molecular weight excluding hydrogens is 454 g/mol. The number of rotatable bonds is 8. The summed E-state index contributed by atoms with van der Waals surface area (Å²) in [7, 11) is 0. The van der Waals surface area contributed by atoms with Crippen molar-refractivity contribution >= 4 is 40.8 Å². The van der Waals surface area contributed by atoms with E-state index >= 15 is 0 Å². The van der Waals surface area contributed by atoms with Crippen LogP contribution in [-0.2, 0) is 27.2 Å². The van der Waals surface area contributed by atoms with Crippen molar-refractivity contribution in [3.05, 3.63) is 76.1 Å². The van der Waals surface area contributed by atoms with Crippen LogP contribution in [0.3, 0.4) is 0 Å². The topological polar surface area (TPSA) is 121 Å². The zero-order valence-electron chi connectivity index (χ0n) is 18.5. The Balaban J connectivity index is 2.02. The lowest BCUT2D eigenvalue weighted by molar-refractivity contribution is -0.141. The number of hydrogen-bond acceptors (Lipinski definition) is 7. The number of primary amides is 1. The second-order valence-electron chi connectivity index (χ2n) is 7.60. The maximum absolute atomic E-state index is 12.9. The highest BCUT2D eigenvalue weighted by Crippen LogP contribution is 2.35. The van der Waals surface area contributed by atoms with E-state index in [1.165, 1.54) is 0 Å². The molecule has 0 bridgehead atoms. The second-order valence-corrected chi connectivity index (χ2v) is 8.55. The van der Waals surface area contributed by atoms with E-state index in [1.807, 2.05) is 48.7 Å². The lowest BCUT2D eigenvalue weighted by Crippen LogP contribution is -2.24. The Morgan fingerprint density at radius 1 is 1.18 bits per heavy atom. The largest absolute Gasteiger partial charge is 0.400 e. The molecule has 0 saturated heterocycles. The van der Waals surface area contributed by atoms with Crippen LogP contribution in [0.4, 0.5) is 0 Å². The van der Waals surface area contributed by atoms with E-state index in [2.05, 4.69) is 4.98 Å². The van der Waals surface area contributed by atoms with Crippen molar-refractivity contribution in [1.29, 1.82) is 0 Å². The monoisotopic (exact) mass is 475 g/mol. The SMILES string of the molecule is CCc1c(C(=O)C(N)=O)c2c(OC(=O)C=O)nc(C)cn2c1Cc1ccccc1-c1cccs1. The van der Waals surface area contributed by atoms with Gasteiger partial charge < -0.3 is 14.9 Å². The number of fused-ring (bicyclic) bond motifs is 1. The maximum Gasteiger partial charge on any atom is 0.378 e. The smallest absolute Gasteiger partial charge is 0.378 e. The van der Waals surface area contributed by atoms with E-state index in [9.17, 15) is 19.2 Å². The summed E-state index contributed by atoms with van der Waals surface area (Å²) in [6.07, 6.45) is 2.55. The lowest BCUT2D eigenvalue weighted by atomic mass is 9.96. The molecule has 0 unspecified atom stereocenters. The Hall–Kier alpha value is -4.11. The number of aryl methyl sites for hydroxylation is 1. The minimum Gasteiger partial charge on any atom is -0.400 e. The molecule has 0 aliphatic carbocycles. The van der Waals surface area contributed by atoms with Gasteiger partial charge in [-0.05, 0) is 41.5 Å². The molecule has 8 nitrogen and oxygen atoms in total. The van der Waals surface area contributed by atoms with Crippen LogP contribution >= 0.6 is 11.3 Å². The predicted octanol–water partition coefficient (Wildman–Crippen LogP) is 3.30. The van der Waals surface area contributed by atoms with Gasteiger partial charge in [-0.2, -0.15) is 0 Å². The van der Waals surface area contributed by atoms with Gasteiger partial charge in [-0.25, -0.2) is 9.78 Å². The molecule has 3 aromatic heterocycles. The van der Waals surface area contributed by atoms with Crippen molar-refractivity contribution < 1.29 is 23.9 Å². The number of benzene rings is 1. The molecule has 0 atom stereocenters. The third-order valence-electron chi connectivity index (χ3n) is 5.47. The van der Waals surface area contributed by atoms with Gasteiger partial charge in [-0.1, -0.05) is 37.3 Å². The Kier molecular flexibility index (Phi) is 6.38. The fourth-order valence-corrected chi connectivity index (χ4v) is 4.91. The van der Waals surface area contributed by atoms with Crippen molar-refractivity contribution in [1.82, 2.24) is 9.38 Å². The molecule has 0 aliphatic rings. The number of esters is 1. The number of Topliss-reactive ketones (excluding diaryl/α,β-unsaturated/α-hetero) is 1. The third-order valence-corrected chi connectivity index (χ3v) is 6.38. The summed E-state index contributed by atoms with van der Waals surface area (Å²) in [5.74, 6) is -3.45. The van der Waals surface area contributed by atoms with E-state index in [0.29, 0.717) is 24.1 Å². The average molecular weight is 476 g/mol. The summed E-state index contributed by atoms with van der Waals surface area (Å²) < 4.78 is 6.84. The zero-order chi connectivity index (χ0) is 24.4. The van der Waals surface area contributed by atoms with Crippen molar-refractivity contribution in [3.63, 3.8) is 0 Å². The van der Waals surface area contributed by atoms with Gasteiger partial charge in [0.25, 0.3) is 11.7 Å². The predicted molar refractivity (Wildman–Crippen MR) is 127 cm³/mol. The van der Waals surface area contributed by atoms with Crippen LogP contribution in [0, 0.1) is 6.92 Å². The van der Waals surface area contributed by atoms with Gasteiger partial charge in [0.15, 0.2) is 0 Å². The number of hydrogen-bond donors (Lipinski definition) is 1. The summed E-state index contributed by atoms with van der Waals surface area (Å²) in [6.45, 7) is 3.56. The van der Waals surface area contributed by atoms with Crippen LogP contribution in [0.15, 0.2) is 48.0 Å². The van der Waals surface area contributed by atoms with Gasteiger partial charge in [0.1, 0.15) is 5.52 Å². The fraction of sp³-hybridized carbons (Fsp3) is 0.160. The summed E-state index contributed by atoms with van der Waals surface area (Å²) in [4.78, 5) is 52.9. The van der Waals surface area contributed by atoms with Crippen LogP contribution in [-0.4, -0.2) is 33.3 Å². The summed E-state index contributed by atoms with van der Waals surface area (Å²) in [6, 6.07) is 11.9. The van der Waals surface area contributed by atoms with Crippen LogP contribution < -0.4 is 10.5 Å². The standard InChI is InChI=1S/C25H21N3O5S/c1-3-16-18(11-15-7-4-5-8-17(15)19-9-6-10-34-19)28-12-14(2)27-25(33-20(30)13-29)22(28)21(16)23(31)24(26)32/h4-10,12-13H,3,11H2,1-2H3,(H2,26,32). The highest BCUT2D eigenvalue weighted by Gasteiger charge is 2.29. The molecular formula is C25H21N3O5S. The number of ketones is 1. The molecule has 1 aromatic carbocycles. The van der Waals surface area contributed by atoms with Gasteiger partial charge in [-0.3, -0.25) is 14.4 Å². The molecule has 9 heteroatoms. The Bertz CT molecular complexity index is 1440. The number of carbonyl (C=O) groups is 4. The average Bonchev–Trinajstić information content (AvgIpc) is 3.45. The Morgan fingerprint density at radius 2 is 1.94 bits per heavy atom. The number of nitrogens with zero attached hydrogens (tertiary/aromatic N) is 2. The van der Waals surface area contributed by atoms with E-state index in [0.717, 1.165) is 21.7 Å². The molecule has 1 amide bonds. The molecule has 3 heterocycles. The van der Waals surface area contributed by atoms with E-state index < -0.39 is 17.7 Å². The molecule has 0 fully saturated rings. The molecule has 34 heavy (non-hydrogen) atoms. The van der Waals surface area contributed by atoms with Gasteiger partial charge in [0.2, 0.25) is 12.2 Å². The summed E-state index contributed by atoms with van der Waals surface area (Å²) >= 11 is 1.62. The first-order valence-electron chi connectivity index (χ1n) is 10.5. The van der Waals surface area contributed by atoms with Crippen molar-refractivity contribution in [2.45, 2.75) is 26.7 Å². The quantitative estimate of drug-likeness (QED) is 0.181. The Labute approximate surface area is 199 Å². The van der Waals surface area contributed by atoms with Crippen LogP contribution in [0.2, 0.25) is 0 Å². The van der Waals surface area contributed by atoms with Crippen LogP contribution in [0.1, 0.15) is 39.8 Å². The van der Waals surface area contributed by atoms with Gasteiger partial charge >= 0.3 is 5.97 Å². The van der Waals surface area contributed by atoms with Crippen molar-refractivity contribution in [2.75, 3.05) is 0 Å². The fourth-order valence-electron chi connectivity index (χ4n) is 4.13. The highest BCUT2D eigenvalue weighted by molar-refractivity contribution is 7.13.